The summed E-state index contributed by atoms with van der Waals surface area (Å²) < 4.78 is 42.7. The lowest BCUT2D eigenvalue weighted by atomic mass is 9.77. The number of rotatable bonds is 4. The minimum Gasteiger partial charge on any atom is -0.386 e. The van der Waals surface area contributed by atoms with Crippen molar-refractivity contribution < 1.29 is 23.1 Å². The maximum Gasteiger partial charge on any atom is 0.256 e. The average Bonchev–Trinajstić information content (AvgIpc) is 3.11. The second-order valence-electron chi connectivity index (χ2n) is 8.36. The van der Waals surface area contributed by atoms with E-state index in [1.165, 1.54) is 17.0 Å². The molecule has 30 heavy (non-hydrogen) atoms. The zero-order chi connectivity index (χ0) is 21.6. The molecule has 1 amide bonds. The van der Waals surface area contributed by atoms with E-state index in [1.54, 1.807) is 13.0 Å². The Hall–Kier alpha value is -2.58. The molecule has 2 aromatic carbocycles. The summed E-state index contributed by atoms with van der Waals surface area (Å²) in [6, 6.07) is 6.17. The molecule has 2 atom stereocenters. The average molecular weight is 419 g/mol. The lowest BCUT2D eigenvalue weighted by molar-refractivity contribution is -0.121. The van der Waals surface area contributed by atoms with Crippen LogP contribution < -0.4 is 11.1 Å². The van der Waals surface area contributed by atoms with Gasteiger partial charge in [-0.2, -0.15) is 0 Å². The summed E-state index contributed by atoms with van der Waals surface area (Å²) >= 11 is 0. The van der Waals surface area contributed by atoms with Crippen LogP contribution >= 0.6 is 0 Å². The minimum atomic E-state index is -1.27. The Morgan fingerprint density at radius 1 is 1.17 bits per heavy atom. The van der Waals surface area contributed by atoms with Crippen LogP contribution in [0, 0.1) is 30.3 Å². The van der Waals surface area contributed by atoms with Crippen molar-refractivity contribution in [2.75, 3.05) is 18.4 Å². The number of aryl methyl sites for hydroxylation is 1. The summed E-state index contributed by atoms with van der Waals surface area (Å²) in [7, 11) is 0. The van der Waals surface area contributed by atoms with Crippen LogP contribution in [0.5, 0.6) is 0 Å². The van der Waals surface area contributed by atoms with Crippen molar-refractivity contribution in [3.8, 4) is 0 Å². The molecule has 2 aliphatic rings. The van der Waals surface area contributed by atoms with Gasteiger partial charge in [-0.25, -0.2) is 13.2 Å². The fourth-order valence-corrected chi connectivity index (χ4v) is 4.53. The molecule has 1 saturated carbocycles. The number of hydrogen-bond donors (Lipinski definition) is 3. The number of halogens is 3. The van der Waals surface area contributed by atoms with Crippen LogP contribution in [0.2, 0.25) is 0 Å². The van der Waals surface area contributed by atoms with Crippen molar-refractivity contribution in [3.05, 3.63) is 58.9 Å². The van der Waals surface area contributed by atoms with Crippen LogP contribution in [0.3, 0.4) is 0 Å². The van der Waals surface area contributed by atoms with Gasteiger partial charge in [0.05, 0.1) is 30.0 Å². The smallest absolute Gasteiger partial charge is 0.256 e. The third kappa shape index (κ3) is 3.54. The number of amides is 1. The van der Waals surface area contributed by atoms with Crippen LogP contribution in [0.1, 0.15) is 35.2 Å². The number of β-amino-alcohol motifs (C(OH)–C–C–N with tert-alkyl or cyclic N) is 1. The van der Waals surface area contributed by atoms with E-state index in [1.807, 2.05) is 0 Å². The molecule has 4 N–H and O–H groups in total. The number of anilines is 2. The lowest BCUT2D eigenvalue weighted by Crippen LogP contribution is -2.68. The Bertz CT molecular complexity index is 992. The molecular weight excluding hydrogens is 395 g/mol. The number of nitrogens with two attached hydrogens (primary N) is 1. The monoisotopic (exact) mass is 419 g/mol. The molecule has 4 rings (SSSR count). The van der Waals surface area contributed by atoms with E-state index in [-0.39, 0.29) is 36.3 Å². The van der Waals surface area contributed by atoms with Crippen molar-refractivity contribution in [2.45, 2.75) is 37.8 Å². The van der Waals surface area contributed by atoms with E-state index >= 15 is 0 Å². The topological polar surface area (TPSA) is 78.6 Å². The molecule has 5 nitrogen and oxygen atoms in total. The molecular formula is C22H24F3N3O2. The summed E-state index contributed by atoms with van der Waals surface area (Å²) in [5, 5.41) is 13.4. The summed E-state index contributed by atoms with van der Waals surface area (Å²) in [6.45, 7) is 1.84. The largest absolute Gasteiger partial charge is 0.386 e. The maximum atomic E-state index is 14.6. The van der Waals surface area contributed by atoms with Gasteiger partial charge < -0.3 is 21.1 Å². The number of carbonyl (C=O) groups is 1. The van der Waals surface area contributed by atoms with E-state index in [4.69, 9.17) is 5.73 Å². The number of nitrogens with one attached hydrogen (secondary N) is 1. The fraction of sp³-hybridized carbons (Fsp3) is 0.409. The summed E-state index contributed by atoms with van der Waals surface area (Å²) in [6.07, 6.45) is 2.56. The minimum absolute atomic E-state index is 0.0710. The standard InChI is InChI=1S/C22H24F3N3O2/c1-12-5-8-18(16(24)9-12)27-20-13(6-7-15(23)19(20)25)21(29)28-10-22(30,11-28)14-3-2-4-17(14)26/h5-9,14,17,27,30H,2-4,10-11,26H2,1H3. The molecule has 2 aromatic rings. The number of benzene rings is 2. The molecule has 2 fully saturated rings. The first-order valence-corrected chi connectivity index (χ1v) is 9.98. The van der Waals surface area contributed by atoms with E-state index in [9.17, 15) is 23.1 Å². The molecule has 1 aliphatic carbocycles. The van der Waals surface area contributed by atoms with Gasteiger partial charge >= 0.3 is 0 Å². The molecule has 1 saturated heterocycles. The zero-order valence-electron chi connectivity index (χ0n) is 16.6. The van der Waals surface area contributed by atoms with E-state index in [2.05, 4.69) is 5.32 Å². The van der Waals surface area contributed by atoms with Gasteiger partial charge in [-0.3, -0.25) is 4.79 Å². The third-order valence-electron chi connectivity index (χ3n) is 6.19. The van der Waals surface area contributed by atoms with E-state index < -0.39 is 34.6 Å². The van der Waals surface area contributed by atoms with E-state index in [0.29, 0.717) is 5.56 Å². The number of aliphatic hydroxyl groups is 1. The Morgan fingerprint density at radius 2 is 1.90 bits per heavy atom. The summed E-state index contributed by atoms with van der Waals surface area (Å²) in [4.78, 5) is 14.4. The van der Waals surface area contributed by atoms with Gasteiger partial charge in [0.2, 0.25) is 0 Å². The number of likely N-dealkylation sites (tertiary alicyclic amines) is 1. The van der Waals surface area contributed by atoms with E-state index in [0.717, 1.165) is 31.4 Å². The highest BCUT2D eigenvalue weighted by Gasteiger charge is 2.52. The molecule has 1 heterocycles. The first kappa shape index (κ1) is 20.7. The summed E-state index contributed by atoms with van der Waals surface area (Å²) in [5.41, 5.74) is 5.04. The Morgan fingerprint density at radius 3 is 2.53 bits per heavy atom. The molecule has 2 unspecified atom stereocenters. The first-order valence-electron chi connectivity index (χ1n) is 9.98. The number of hydrogen-bond acceptors (Lipinski definition) is 4. The Labute approximate surface area is 172 Å². The van der Waals surface area contributed by atoms with Crippen LogP contribution in [-0.4, -0.2) is 40.6 Å². The van der Waals surface area contributed by atoms with Gasteiger partial charge in [0.25, 0.3) is 5.91 Å². The summed E-state index contributed by atoms with van der Waals surface area (Å²) in [5.74, 6) is -3.73. The highest BCUT2D eigenvalue weighted by Crippen LogP contribution is 2.40. The highest BCUT2D eigenvalue weighted by molar-refractivity contribution is 6.01. The predicted molar refractivity (Wildman–Crippen MR) is 107 cm³/mol. The van der Waals surface area contributed by atoms with Crippen molar-refractivity contribution in [1.29, 1.82) is 0 Å². The highest BCUT2D eigenvalue weighted by atomic mass is 19.2. The molecule has 0 bridgehead atoms. The predicted octanol–water partition coefficient (Wildman–Crippen LogP) is 3.47. The molecule has 0 spiro atoms. The normalized spacial score (nSPS) is 22.7. The Kier molecular flexibility index (Phi) is 5.23. The van der Waals surface area contributed by atoms with Crippen LogP contribution in [0.15, 0.2) is 30.3 Å². The van der Waals surface area contributed by atoms with Crippen molar-refractivity contribution in [2.24, 2.45) is 11.7 Å². The third-order valence-corrected chi connectivity index (χ3v) is 6.19. The van der Waals surface area contributed by atoms with Gasteiger partial charge in [-0.05, 0) is 49.6 Å². The number of carbonyl (C=O) groups excluding carboxylic acids is 1. The van der Waals surface area contributed by atoms with Gasteiger partial charge in [0.1, 0.15) is 11.4 Å². The zero-order valence-corrected chi connectivity index (χ0v) is 16.6. The van der Waals surface area contributed by atoms with Gasteiger partial charge in [0.15, 0.2) is 11.6 Å². The second kappa shape index (κ2) is 7.59. The molecule has 160 valence electrons. The van der Waals surface area contributed by atoms with Crippen LogP contribution in [0.4, 0.5) is 24.5 Å². The van der Waals surface area contributed by atoms with Crippen LogP contribution in [0.25, 0.3) is 0 Å². The fourth-order valence-electron chi connectivity index (χ4n) is 4.53. The molecule has 8 heteroatoms. The second-order valence-corrected chi connectivity index (χ2v) is 8.36. The molecule has 1 aliphatic heterocycles. The number of nitrogens with zero attached hydrogens (tertiary/aromatic N) is 1. The lowest BCUT2D eigenvalue weighted by Gasteiger charge is -2.51. The maximum absolute atomic E-state index is 14.6. The van der Waals surface area contributed by atoms with Gasteiger partial charge in [-0.1, -0.05) is 12.5 Å². The van der Waals surface area contributed by atoms with Crippen molar-refractivity contribution >= 4 is 17.3 Å². The van der Waals surface area contributed by atoms with Crippen molar-refractivity contribution in [1.82, 2.24) is 4.90 Å². The van der Waals surface area contributed by atoms with Crippen LogP contribution in [-0.2, 0) is 0 Å². The first-order chi connectivity index (χ1) is 14.2. The SMILES string of the molecule is Cc1ccc(Nc2c(C(=O)N3CC(O)(C4CCCC4N)C3)ccc(F)c2F)c(F)c1. The van der Waals surface area contributed by atoms with Crippen molar-refractivity contribution in [3.63, 3.8) is 0 Å². The quantitative estimate of drug-likeness (QED) is 0.709. The molecule has 0 aromatic heterocycles. The molecule has 0 radical (unpaired) electrons. The van der Waals surface area contributed by atoms with Gasteiger partial charge in [-0.15, -0.1) is 0 Å². The van der Waals surface area contributed by atoms with Gasteiger partial charge in [0, 0.05) is 12.0 Å². The Balaban J connectivity index is 1.58.